The van der Waals surface area contributed by atoms with Gasteiger partial charge in [-0.25, -0.2) is 0 Å². The molecule has 8 nitrogen and oxygen atoms in total. The summed E-state index contributed by atoms with van der Waals surface area (Å²) in [6.07, 6.45) is -4.60. The summed E-state index contributed by atoms with van der Waals surface area (Å²) in [7, 11) is 1.53. The first-order valence-corrected chi connectivity index (χ1v) is 9.72. The Morgan fingerprint density at radius 3 is 2.33 bits per heavy atom. The average Bonchev–Trinajstić information content (AvgIpc) is 3.26. The van der Waals surface area contributed by atoms with E-state index in [9.17, 15) is 22.8 Å². The van der Waals surface area contributed by atoms with Crippen molar-refractivity contribution >= 4 is 11.9 Å². The van der Waals surface area contributed by atoms with Crippen LogP contribution < -0.4 is 10.1 Å². The molecule has 0 aliphatic carbocycles. The van der Waals surface area contributed by atoms with Crippen LogP contribution in [0.25, 0.3) is 11.4 Å². The third-order valence-electron chi connectivity index (χ3n) is 4.56. The van der Waals surface area contributed by atoms with E-state index in [4.69, 9.17) is 14.0 Å². The molecule has 33 heavy (non-hydrogen) atoms. The number of alkyl halides is 3. The number of hydrogen-bond acceptors (Lipinski definition) is 7. The first-order valence-electron chi connectivity index (χ1n) is 9.72. The van der Waals surface area contributed by atoms with E-state index in [0.717, 1.165) is 12.1 Å². The highest BCUT2D eigenvalue weighted by molar-refractivity contribution is 5.76. The van der Waals surface area contributed by atoms with Crippen LogP contribution in [-0.4, -0.2) is 29.1 Å². The standard InChI is InChI=1S/C22H20F3N3O5/c1-13(29)26-18(14-5-9-17(31-2)10-6-14)11-20(30)32-12-19-27-21(28-33-19)15-3-7-16(8-4-15)22(23,24)25/h3-10,18H,11-12H2,1-2H3,(H,26,29). The van der Waals surface area contributed by atoms with E-state index in [1.165, 1.54) is 26.2 Å². The molecule has 3 aromatic rings. The zero-order chi connectivity index (χ0) is 24.0. The average molecular weight is 463 g/mol. The zero-order valence-corrected chi connectivity index (χ0v) is 17.7. The second-order valence-corrected chi connectivity index (χ2v) is 6.98. The molecule has 1 atom stereocenters. The van der Waals surface area contributed by atoms with Crippen LogP contribution in [0, 0.1) is 0 Å². The summed E-state index contributed by atoms with van der Waals surface area (Å²) in [5, 5.41) is 6.38. The Morgan fingerprint density at radius 2 is 1.76 bits per heavy atom. The predicted octanol–water partition coefficient (Wildman–Crippen LogP) is 4.07. The Labute approximate surface area is 186 Å². The smallest absolute Gasteiger partial charge is 0.416 e. The van der Waals surface area contributed by atoms with Crippen LogP contribution in [-0.2, 0) is 27.1 Å². The second kappa shape index (κ2) is 10.2. The summed E-state index contributed by atoms with van der Waals surface area (Å²) in [5.74, 6) is -0.286. The van der Waals surface area contributed by atoms with Gasteiger partial charge >= 0.3 is 12.1 Å². The molecule has 1 heterocycles. The Bertz CT molecular complexity index is 1100. The lowest BCUT2D eigenvalue weighted by molar-refractivity contribution is -0.146. The monoisotopic (exact) mass is 463 g/mol. The summed E-state index contributed by atoms with van der Waals surface area (Å²) in [6.45, 7) is 1.00. The van der Waals surface area contributed by atoms with E-state index < -0.39 is 23.8 Å². The van der Waals surface area contributed by atoms with E-state index in [-0.39, 0.29) is 30.7 Å². The van der Waals surface area contributed by atoms with Crippen molar-refractivity contribution in [1.82, 2.24) is 15.5 Å². The number of carbonyl (C=O) groups is 2. The number of aromatic nitrogens is 2. The minimum Gasteiger partial charge on any atom is -0.497 e. The van der Waals surface area contributed by atoms with Gasteiger partial charge in [-0.05, 0) is 29.8 Å². The number of esters is 1. The van der Waals surface area contributed by atoms with Crippen molar-refractivity contribution in [1.29, 1.82) is 0 Å². The van der Waals surface area contributed by atoms with Crippen LogP contribution in [0.5, 0.6) is 5.75 Å². The normalized spacial score (nSPS) is 12.2. The van der Waals surface area contributed by atoms with Gasteiger partial charge in [-0.2, -0.15) is 18.2 Å². The molecule has 1 unspecified atom stereocenters. The van der Waals surface area contributed by atoms with Crippen LogP contribution >= 0.6 is 0 Å². The van der Waals surface area contributed by atoms with Crippen LogP contribution in [0.2, 0.25) is 0 Å². The summed E-state index contributed by atoms with van der Waals surface area (Å²) in [6, 6.07) is 10.5. The number of amides is 1. The van der Waals surface area contributed by atoms with E-state index in [2.05, 4.69) is 15.5 Å². The van der Waals surface area contributed by atoms with Gasteiger partial charge in [0.25, 0.3) is 5.89 Å². The first kappa shape index (κ1) is 23.8. The van der Waals surface area contributed by atoms with Crippen molar-refractivity contribution in [3.63, 3.8) is 0 Å². The number of methoxy groups -OCH3 is 1. The van der Waals surface area contributed by atoms with Crippen molar-refractivity contribution in [2.45, 2.75) is 32.2 Å². The molecule has 1 N–H and O–H groups in total. The van der Waals surface area contributed by atoms with Gasteiger partial charge < -0.3 is 19.3 Å². The fourth-order valence-corrected chi connectivity index (χ4v) is 2.94. The zero-order valence-electron chi connectivity index (χ0n) is 17.7. The lowest BCUT2D eigenvalue weighted by atomic mass is 10.0. The van der Waals surface area contributed by atoms with Gasteiger partial charge in [0.15, 0.2) is 6.61 Å². The topological polar surface area (TPSA) is 104 Å². The fraction of sp³-hybridized carbons (Fsp3) is 0.273. The molecule has 2 aromatic carbocycles. The highest BCUT2D eigenvalue weighted by Crippen LogP contribution is 2.30. The number of nitrogens with zero attached hydrogens (tertiary/aromatic N) is 2. The molecule has 1 amide bonds. The summed E-state index contributed by atoms with van der Waals surface area (Å²) < 4.78 is 53.3. The van der Waals surface area contributed by atoms with Gasteiger partial charge in [-0.1, -0.05) is 29.4 Å². The molecule has 0 saturated carbocycles. The van der Waals surface area contributed by atoms with E-state index in [0.29, 0.717) is 16.9 Å². The maximum absolute atomic E-state index is 12.7. The van der Waals surface area contributed by atoms with Crippen molar-refractivity contribution in [3.05, 3.63) is 65.5 Å². The lowest BCUT2D eigenvalue weighted by Crippen LogP contribution is -2.28. The molecule has 0 aliphatic rings. The minimum atomic E-state index is -4.45. The molecule has 0 aliphatic heterocycles. The van der Waals surface area contributed by atoms with E-state index in [1.807, 2.05) is 0 Å². The number of halogens is 3. The lowest BCUT2D eigenvalue weighted by Gasteiger charge is -2.17. The molecular formula is C22H20F3N3O5. The minimum absolute atomic E-state index is 0.0289. The van der Waals surface area contributed by atoms with Crippen molar-refractivity contribution in [3.8, 4) is 17.1 Å². The van der Waals surface area contributed by atoms with Crippen LogP contribution in [0.15, 0.2) is 53.1 Å². The quantitative estimate of drug-likeness (QED) is 0.502. The van der Waals surface area contributed by atoms with Crippen molar-refractivity contribution in [2.75, 3.05) is 7.11 Å². The molecule has 0 saturated heterocycles. The van der Waals surface area contributed by atoms with Gasteiger partial charge in [-0.15, -0.1) is 0 Å². The second-order valence-electron chi connectivity index (χ2n) is 6.98. The highest BCUT2D eigenvalue weighted by Gasteiger charge is 2.30. The number of ether oxygens (including phenoxy) is 2. The van der Waals surface area contributed by atoms with Crippen LogP contribution in [0.1, 0.15) is 36.4 Å². The van der Waals surface area contributed by atoms with Crippen LogP contribution in [0.4, 0.5) is 13.2 Å². The molecule has 174 valence electrons. The molecule has 11 heteroatoms. The van der Waals surface area contributed by atoms with Crippen molar-refractivity contribution in [2.24, 2.45) is 0 Å². The van der Waals surface area contributed by atoms with Gasteiger partial charge in [0.2, 0.25) is 11.7 Å². The molecule has 0 fully saturated rings. The summed E-state index contributed by atoms with van der Waals surface area (Å²) in [5.41, 5.74) is 0.203. The van der Waals surface area contributed by atoms with Gasteiger partial charge in [0, 0.05) is 12.5 Å². The van der Waals surface area contributed by atoms with E-state index in [1.54, 1.807) is 24.3 Å². The maximum atomic E-state index is 12.7. The van der Waals surface area contributed by atoms with Crippen molar-refractivity contribution < 1.29 is 36.8 Å². The molecule has 0 bridgehead atoms. The number of carbonyl (C=O) groups excluding carboxylic acids is 2. The number of hydrogen-bond donors (Lipinski definition) is 1. The Kier molecular flexibility index (Phi) is 7.31. The molecule has 0 spiro atoms. The number of nitrogens with one attached hydrogen (secondary N) is 1. The maximum Gasteiger partial charge on any atom is 0.416 e. The fourth-order valence-electron chi connectivity index (χ4n) is 2.94. The Balaban J connectivity index is 1.60. The summed E-state index contributed by atoms with van der Waals surface area (Å²) >= 11 is 0. The largest absolute Gasteiger partial charge is 0.497 e. The molecule has 0 radical (unpaired) electrons. The van der Waals surface area contributed by atoms with E-state index >= 15 is 0 Å². The Morgan fingerprint density at radius 1 is 1.09 bits per heavy atom. The number of benzene rings is 2. The SMILES string of the molecule is COc1ccc(C(CC(=O)OCc2nc(-c3ccc(C(F)(F)F)cc3)no2)NC(C)=O)cc1. The molecule has 3 rings (SSSR count). The Hall–Kier alpha value is -3.89. The first-order chi connectivity index (χ1) is 15.7. The van der Waals surface area contributed by atoms with Gasteiger partial charge in [0.05, 0.1) is 25.1 Å². The number of rotatable bonds is 8. The third kappa shape index (κ3) is 6.55. The summed E-state index contributed by atoms with van der Waals surface area (Å²) in [4.78, 5) is 27.9. The van der Waals surface area contributed by atoms with Crippen LogP contribution in [0.3, 0.4) is 0 Å². The predicted molar refractivity (Wildman–Crippen MR) is 109 cm³/mol. The molecule has 1 aromatic heterocycles. The molecular weight excluding hydrogens is 443 g/mol. The van der Waals surface area contributed by atoms with Gasteiger partial charge in [-0.3, -0.25) is 9.59 Å². The third-order valence-corrected chi connectivity index (χ3v) is 4.56. The van der Waals surface area contributed by atoms with Gasteiger partial charge in [0.1, 0.15) is 5.75 Å². The highest BCUT2D eigenvalue weighted by atomic mass is 19.4.